The quantitative estimate of drug-likeness (QED) is 0.420. The highest BCUT2D eigenvalue weighted by Crippen LogP contribution is 2.49. The second-order valence-corrected chi connectivity index (χ2v) is 14.8. The van der Waals surface area contributed by atoms with Crippen molar-refractivity contribution in [1.82, 2.24) is 25.1 Å². The summed E-state index contributed by atoms with van der Waals surface area (Å²) < 4.78 is 33.0. The summed E-state index contributed by atoms with van der Waals surface area (Å²) in [6.45, 7) is 6.11. The van der Waals surface area contributed by atoms with Crippen LogP contribution in [0.2, 0.25) is 5.02 Å². The third-order valence-electron chi connectivity index (χ3n) is 8.04. The predicted molar refractivity (Wildman–Crippen MR) is 148 cm³/mol. The Kier molecular flexibility index (Phi) is 7.80. The fourth-order valence-corrected chi connectivity index (χ4v) is 7.96. The molecular weight excluding hydrogens is 542 g/mol. The first-order chi connectivity index (χ1) is 18.5. The molecule has 12 heteroatoms. The molecule has 2 fully saturated rings. The van der Waals surface area contributed by atoms with Crippen LogP contribution >= 0.6 is 11.6 Å². The molecule has 1 saturated carbocycles. The molecular formula is C27H36ClN5O5S. The van der Waals surface area contributed by atoms with Crippen LogP contribution in [0.4, 0.5) is 0 Å². The third kappa shape index (κ3) is 5.59. The Bertz CT molecular complexity index is 1330. The number of carbonyl (C=O) groups is 2. The van der Waals surface area contributed by atoms with Crippen LogP contribution in [0.25, 0.3) is 0 Å². The van der Waals surface area contributed by atoms with Gasteiger partial charge in [-0.15, -0.1) is 0 Å². The normalized spacial score (nSPS) is 20.6. The van der Waals surface area contributed by atoms with Crippen LogP contribution < -0.4 is 10.6 Å². The van der Waals surface area contributed by atoms with E-state index < -0.39 is 19.3 Å². The van der Waals surface area contributed by atoms with Crippen molar-refractivity contribution in [2.24, 2.45) is 0 Å². The highest BCUT2D eigenvalue weighted by molar-refractivity contribution is 7.94. The lowest BCUT2D eigenvalue weighted by atomic mass is 10.2. The van der Waals surface area contributed by atoms with E-state index in [4.69, 9.17) is 16.3 Å². The molecule has 10 nitrogen and oxygen atoms in total. The number of nitrogens with zero attached hydrogens (tertiary/aromatic N) is 3. The zero-order valence-corrected chi connectivity index (χ0v) is 24.0. The Balaban J connectivity index is 1.21. The average molecular weight is 578 g/mol. The number of imidazole rings is 1. The highest BCUT2D eigenvalue weighted by atomic mass is 35.5. The summed E-state index contributed by atoms with van der Waals surface area (Å²) in [4.78, 5) is 32.0. The van der Waals surface area contributed by atoms with Crippen LogP contribution in [0.3, 0.4) is 0 Å². The van der Waals surface area contributed by atoms with Crippen molar-refractivity contribution >= 4 is 33.3 Å². The lowest BCUT2D eigenvalue weighted by molar-refractivity contribution is 0.0696. The summed E-state index contributed by atoms with van der Waals surface area (Å²) >= 11 is 5.92. The van der Waals surface area contributed by atoms with Gasteiger partial charge in [0.05, 0.1) is 28.9 Å². The van der Waals surface area contributed by atoms with Crippen molar-refractivity contribution in [3.05, 3.63) is 52.6 Å². The number of carbonyl (C=O) groups excluding carboxylic acids is 2. The molecule has 3 heterocycles. The van der Waals surface area contributed by atoms with E-state index in [0.717, 1.165) is 24.9 Å². The number of sulfone groups is 1. The number of benzene rings is 1. The Labute approximate surface area is 234 Å². The Morgan fingerprint density at radius 2 is 2.00 bits per heavy atom. The van der Waals surface area contributed by atoms with E-state index in [9.17, 15) is 18.0 Å². The monoisotopic (exact) mass is 577 g/mol. The van der Waals surface area contributed by atoms with Crippen molar-refractivity contribution in [2.75, 3.05) is 32.8 Å². The van der Waals surface area contributed by atoms with E-state index in [2.05, 4.69) is 15.6 Å². The molecule has 1 aromatic heterocycles. The van der Waals surface area contributed by atoms with Gasteiger partial charge in [-0.3, -0.25) is 9.59 Å². The second kappa shape index (κ2) is 10.8. The molecule has 1 aromatic carbocycles. The molecule has 2 aliphatic heterocycles. The summed E-state index contributed by atoms with van der Waals surface area (Å²) in [5.74, 6) is -0.530. The van der Waals surface area contributed by atoms with E-state index in [1.165, 1.54) is 6.20 Å². The molecule has 0 radical (unpaired) electrons. The third-order valence-corrected chi connectivity index (χ3v) is 11.5. The number of aromatic nitrogens is 2. The fourth-order valence-electron chi connectivity index (χ4n) is 5.46. The number of nitrogens with one attached hydrogen (secondary N) is 2. The van der Waals surface area contributed by atoms with E-state index in [1.54, 1.807) is 35.4 Å². The molecule has 3 aliphatic rings. The summed E-state index contributed by atoms with van der Waals surface area (Å²) in [7, 11) is -3.60. The topological polar surface area (TPSA) is 123 Å². The summed E-state index contributed by atoms with van der Waals surface area (Å²) in [5.41, 5.74) is 1.18. The fraction of sp³-hybridized carbons (Fsp3) is 0.593. The number of hydrogen-bond acceptors (Lipinski definition) is 7. The Hall–Kier alpha value is -2.47. The van der Waals surface area contributed by atoms with Gasteiger partial charge in [-0.05, 0) is 63.8 Å². The van der Waals surface area contributed by atoms with Gasteiger partial charge in [0.25, 0.3) is 11.8 Å². The van der Waals surface area contributed by atoms with Gasteiger partial charge in [-0.2, -0.15) is 0 Å². The molecule has 0 bridgehead atoms. The van der Waals surface area contributed by atoms with Crippen LogP contribution in [-0.4, -0.2) is 83.1 Å². The Morgan fingerprint density at radius 1 is 1.26 bits per heavy atom. The molecule has 5 rings (SSSR count). The molecule has 0 spiro atoms. The maximum absolute atomic E-state index is 13.8. The van der Waals surface area contributed by atoms with E-state index in [-0.39, 0.29) is 42.5 Å². The van der Waals surface area contributed by atoms with Crippen molar-refractivity contribution in [2.45, 2.75) is 68.2 Å². The van der Waals surface area contributed by atoms with Gasteiger partial charge >= 0.3 is 0 Å². The van der Waals surface area contributed by atoms with Crippen molar-refractivity contribution in [1.29, 1.82) is 0 Å². The number of halogens is 1. The molecule has 2 aromatic rings. The van der Waals surface area contributed by atoms with Crippen LogP contribution in [0.5, 0.6) is 0 Å². The standard InChI is InChI=1S/C27H36ClN5O5S/c1-26(2,18-38-16-21-4-3-11-29-21)39(36,37)27(9-10-27)17-32-12-13-33-22(25(32)35)15-30-23(33)24(34)31-14-19-5-7-20(28)8-6-19/h5-8,15,21,29H,3-4,9-14,16-18H2,1-2H3,(H,31,34). The number of hydrogen-bond donors (Lipinski definition) is 2. The van der Waals surface area contributed by atoms with Gasteiger partial charge in [0.2, 0.25) is 0 Å². The minimum atomic E-state index is -3.60. The number of ether oxygens (including phenoxy) is 1. The molecule has 39 heavy (non-hydrogen) atoms. The smallest absolute Gasteiger partial charge is 0.287 e. The SMILES string of the molecule is CC(C)(COCC1CCCN1)S(=O)(=O)C1(CN2CCn3c(cnc3C(=O)NCc3ccc(Cl)cc3)C2=O)CC1. The lowest BCUT2D eigenvalue weighted by Gasteiger charge is -2.35. The van der Waals surface area contributed by atoms with Crippen molar-refractivity contribution in [3.8, 4) is 0 Å². The summed E-state index contributed by atoms with van der Waals surface area (Å²) in [6, 6.07) is 7.43. The summed E-state index contributed by atoms with van der Waals surface area (Å²) in [5, 5.41) is 6.81. The molecule has 1 unspecified atom stereocenters. The minimum Gasteiger partial charge on any atom is -0.378 e. The average Bonchev–Trinajstić information content (AvgIpc) is 3.30. The maximum Gasteiger partial charge on any atom is 0.287 e. The van der Waals surface area contributed by atoms with Gasteiger partial charge in [0.1, 0.15) is 5.69 Å². The first-order valence-electron chi connectivity index (χ1n) is 13.5. The number of amides is 2. The molecule has 2 N–H and O–H groups in total. The molecule has 212 valence electrons. The molecule has 1 saturated heterocycles. The van der Waals surface area contributed by atoms with E-state index >= 15 is 0 Å². The minimum absolute atomic E-state index is 0.116. The number of fused-ring (bicyclic) bond motifs is 1. The van der Waals surface area contributed by atoms with E-state index in [1.807, 2.05) is 12.1 Å². The first kappa shape index (κ1) is 28.1. The largest absolute Gasteiger partial charge is 0.378 e. The van der Waals surface area contributed by atoms with Gasteiger partial charge in [-0.25, -0.2) is 13.4 Å². The second-order valence-electron chi connectivity index (χ2n) is 11.4. The zero-order valence-electron chi connectivity index (χ0n) is 22.4. The maximum atomic E-state index is 13.8. The van der Waals surface area contributed by atoms with Crippen molar-refractivity contribution < 1.29 is 22.7 Å². The van der Waals surface area contributed by atoms with Gasteiger partial charge in [-0.1, -0.05) is 23.7 Å². The van der Waals surface area contributed by atoms with E-state index in [0.29, 0.717) is 44.1 Å². The summed E-state index contributed by atoms with van der Waals surface area (Å²) in [6.07, 6.45) is 4.58. The lowest BCUT2D eigenvalue weighted by Crippen LogP contribution is -2.52. The van der Waals surface area contributed by atoms with Gasteiger partial charge in [0.15, 0.2) is 15.7 Å². The molecule has 1 aliphatic carbocycles. The van der Waals surface area contributed by atoms with Crippen LogP contribution in [0, 0.1) is 0 Å². The number of rotatable bonds is 11. The molecule has 2 amide bonds. The van der Waals surface area contributed by atoms with Crippen LogP contribution in [-0.2, 0) is 27.7 Å². The zero-order chi connectivity index (χ0) is 27.8. The van der Waals surface area contributed by atoms with Crippen LogP contribution in [0.15, 0.2) is 30.5 Å². The van der Waals surface area contributed by atoms with Crippen molar-refractivity contribution in [3.63, 3.8) is 0 Å². The Morgan fingerprint density at radius 3 is 2.67 bits per heavy atom. The highest BCUT2D eigenvalue weighted by Gasteiger charge is 2.61. The van der Waals surface area contributed by atoms with Crippen LogP contribution in [0.1, 0.15) is 66.2 Å². The van der Waals surface area contributed by atoms with Gasteiger partial charge in [0, 0.05) is 37.2 Å². The molecule has 1 atom stereocenters. The first-order valence-corrected chi connectivity index (χ1v) is 15.3. The predicted octanol–water partition coefficient (Wildman–Crippen LogP) is 2.42. The van der Waals surface area contributed by atoms with Gasteiger partial charge < -0.3 is 24.8 Å².